The molecule has 0 aliphatic rings. The molecule has 1 aromatic rings. The van der Waals surface area contributed by atoms with E-state index >= 15 is 0 Å². The molecule has 0 saturated carbocycles. The Morgan fingerprint density at radius 3 is 2.25 bits per heavy atom. The van der Waals surface area contributed by atoms with Crippen molar-refractivity contribution in [2.75, 3.05) is 0 Å². The van der Waals surface area contributed by atoms with Gasteiger partial charge in [0.05, 0.1) is 0 Å². The van der Waals surface area contributed by atoms with Crippen molar-refractivity contribution in [2.45, 2.75) is 65.2 Å². The fourth-order valence-corrected chi connectivity index (χ4v) is 2.44. The number of hydrogen-bond acceptors (Lipinski definition) is 0. The molecule has 0 N–H and O–H groups in total. The quantitative estimate of drug-likeness (QED) is 0.324. The number of unbranched alkanes of at least 4 members (excludes halogenated alkanes) is 5. The summed E-state index contributed by atoms with van der Waals surface area (Å²) in [5.41, 5.74) is 3.95. The van der Waals surface area contributed by atoms with Gasteiger partial charge in [-0.3, -0.25) is 0 Å². The zero-order valence-corrected chi connectivity index (χ0v) is 13.3. The van der Waals surface area contributed by atoms with Crippen molar-refractivity contribution in [1.82, 2.24) is 0 Å². The molecule has 0 nitrogen and oxygen atoms in total. The number of rotatable bonds is 10. The van der Waals surface area contributed by atoms with Crippen molar-refractivity contribution in [1.29, 1.82) is 0 Å². The van der Waals surface area contributed by atoms with Crippen LogP contribution in [0.1, 0.15) is 70.8 Å². The Bertz CT molecular complexity index is 397. The van der Waals surface area contributed by atoms with Crippen LogP contribution in [0, 0.1) is 0 Å². The number of benzene rings is 1. The summed E-state index contributed by atoms with van der Waals surface area (Å²) in [6.07, 6.45) is 12.6. The summed E-state index contributed by atoms with van der Waals surface area (Å²) in [4.78, 5) is 0. The van der Waals surface area contributed by atoms with Crippen LogP contribution in [0.4, 0.5) is 0 Å². The van der Waals surface area contributed by atoms with Gasteiger partial charge in [0.2, 0.25) is 0 Å². The average molecular weight is 270 g/mol. The van der Waals surface area contributed by atoms with Crippen molar-refractivity contribution in [2.24, 2.45) is 0 Å². The molecule has 1 aromatic carbocycles. The first-order valence-electron chi connectivity index (χ1n) is 8.23. The molecule has 20 heavy (non-hydrogen) atoms. The molecule has 1 rings (SSSR count). The second kappa shape index (κ2) is 10.5. The fourth-order valence-electron chi connectivity index (χ4n) is 2.44. The van der Waals surface area contributed by atoms with Gasteiger partial charge < -0.3 is 0 Å². The van der Waals surface area contributed by atoms with E-state index in [-0.39, 0.29) is 0 Å². The minimum absolute atomic E-state index is 1.17. The first-order chi connectivity index (χ1) is 9.79. The summed E-state index contributed by atoms with van der Waals surface area (Å²) in [6, 6.07) is 10.6. The molecule has 0 atom stereocenters. The van der Waals surface area contributed by atoms with Crippen LogP contribution in [0.15, 0.2) is 48.6 Å². The van der Waals surface area contributed by atoms with E-state index < -0.39 is 0 Å². The van der Waals surface area contributed by atoms with E-state index in [1.165, 1.54) is 68.1 Å². The van der Waals surface area contributed by atoms with Crippen molar-refractivity contribution < 1.29 is 0 Å². The Labute approximate surface area is 125 Å². The monoisotopic (exact) mass is 270 g/mol. The van der Waals surface area contributed by atoms with Gasteiger partial charge in [0.25, 0.3) is 0 Å². The second-order valence-electron chi connectivity index (χ2n) is 5.53. The SMILES string of the molecule is C=C(/C(=C\CCCCC)CCCCC)c1ccccc1. The summed E-state index contributed by atoms with van der Waals surface area (Å²) in [6.45, 7) is 8.85. The molecule has 0 aliphatic carbocycles. The van der Waals surface area contributed by atoms with Crippen LogP contribution >= 0.6 is 0 Å². The molecule has 0 heteroatoms. The zero-order chi connectivity index (χ0) is 14.6. The van der Waals surface area contributed by atoms with E-state index in [1.807, 2.05) is 0 Å². The van der Waals surface area contributed by atoms with E-state index in [1.54, 1.807) is 0 Å². The second-order valence-corrected chi connectivity index (χ2v) is 5.53. The van der Waals surface area contributed by atoms with Crippen LogP contribution in [-0.4, -0.2) is 0 Å². The standard InChI is InChI=1S/C20H30/c1-4-6-8-11-15-19(14-10-7-5-2)18(3)20-16-12-9-13-17-20/h9,12-13,15-17H,3-8,10-11,14H2,1-2H3/b19-15-. The molecule has 0 aromatic heterocycles. The summed E-state index contributed by atoms with van der Waals surface area (Å²) >= 11 is 0. The zero-order valence-electron chi connectivity index (χ0n) is 13.3. The third-order valence-corrected chi connectivity index (χ3v) is 3.76. The minimum atomic E-state index is 1.17. The Morgan fingerprint density at radius 1 is 0.950 bits per heavy atom. The third-order valence-electron chi connectivity index (χ3n) is 3.76. The van der Waals surface area contributed by atoms with Gasteiger partial charge in [0.1, 0.15) is 0 Å². The molecular weight excluding hydrogens is 240 g/mol. The van der Waals surface area contributed by atoms with Crippen LogP contribution in [0.25, 0.3) is 5.57 Å². The normalized spacial score (nSPS) is 11.6. The Hall–Kier alpha value is -1.30. The van der Waals surface area contributed by atoms with E-state index in [4.69, 9.17) is 0 Å². The van der Waals surface area contributed by atoms with Gasteiger partial charge in [-0.05, 0) is 42.4 Å². The summed E-state index contributed by atoms with van der Waals surface area (Å²) in [5.74, 6) is 0. The van der Waals surface area contributed by atoms with Gasteiger partial charge in [-0.2, -0.15) is 0 Å². The van der Waals surface area contributed by atoms with Crippen molar-refractivity contribution in [3.63, 3.8) is 0 Å². The first kappa shape index (κ1) is 16.8. The third kappa shape index (κ3) is 6.23. The summed E-state index contributed by atoms with van der Waals surface area (Å²) in [7, 11) is 0. The van der Waals surface area contributed by atoms with Crippen LogP contribution in [-0.2, 0) is 0 Å². The van der Waals surface area contributed by atoms with Crippen LogP contribution in [0.3, 0.4) is 0 Å². The highest BCUT2D eigenvalue weighted by atomic mass is 14.1. The van der Waals surface area contributed by atoms with Crippen molar-refractivity contribution in [3.05, 3.63) is 54.1 Å². The van der Waals surface area contributed by atoms with Crippen LogP contribution in [0.2, 0.25) is 0 Å². The molecule has 0 radical (unpaired) electrons. The highest BCUT2D eigenvalue weighted by Gasteiger charge is 2.05. The lowest BCUT2D eigenvalue weighted by Crippen LogP contribution is -1.91. The number of hydrogen-bond donors (Lipinski definition) is 0. The van der Waals surface area contributed by atoms with Gasteiger partial charge in [-0.15, -0.1) is 0 Å². The van der Waals surface area contributed by atoms with E-state index in [2.05, 4.69) is 56.8 Å². The van der Waals surface area contributed by atoms with E-state index in [0.717, 1.165) is 0 Å². The highest BCUT2D eigenvalue weighted by Crippen LogP contribution is 2.26. The summed E-state index contributed by atoms with van der Waals surface area (Å²) < 4.78 is 0. The highest BCUT2D eigenvalue weighted by molar-refractivity contribution is 5.77. The molecule has 0 aliphatic heterocycles. The van der Waals surface area contributed by atoms with Crippen molar-refractivity contribution >= 4 is 5.57 Å². The molecule has 0 amide bonds. The molecule has 0 bridgehead atoms. The maximum absolute atomic E-state index is 4.33. The van der Waals surface area contributed by atoms with Gasteiger partial charge in [0.15, 0.2) is 0 Å². The summed E-state index contributed by atoms with van der Waals surface area (Å²) in [5, 5.41) is 0. The average Bonchev–Trinajstić information content (AvgIpc) is 2.50. The Kier molecular flexibility index (Phi) is 8.78. The lowest BCUT2D eigenvalue weighted by Gasteiger charge is -2.12. The molecule has 110 valence electrons. The lowest BCUT2D eigenvalue weighted by molar-refractivity contribution is 0.708. The first-order valence-corrected chi connectivity index (χ1v) is 8.23. The van der Waals surface area contributed by atoms with Gasteiger partial charge in [-0.25, -0.2) is 0 Å². The molecule has 0 unspecified atom stereocenters. The largest absolute Gasteiger partial charge is 0.0909 e. The van der Waals surface area contributed by atoms with Gasteiger partial charge >= 0.3 is 0 Å². The maximum Gasteiger partial charge on any atom is -0.0187 e. The van der Waals surface area contributed by atoms with Crippen LogP contribution < -0.4 is 0 Å². The smallest absolute Gasteiger partial charge is 0.0187 e. The van der Waals surface area contributed by atoms with Gasteiger partial charge in [0, 0.05) is 0 Å². The molecule has 0 fully saturated rings. The van der Waals surface area contributed by atoms with E-state index in [0.29, 0.717) is 0 Å². The van der Waals surface area contributed by atoms with Crippen molar-refractivity contribution in [3.8, 4) is 0 Å². The minimum Gasteiger partial charge on any atom is -0.0909 e. The molecule has 0 heterocycles. The predicted octanol–water partition coefficient (Wildman–Crippen LogP) is 6.79. The molecular formula is C20H30. The van der Waals surface area contributed by atoms with Crippen LogP contribution in [0.5, 0.6) is 0 Å². The molecule has 0 spiro atoms. The Morgan fingerprint density at radius 2 is 1.60 bits per heavy atom. The lowest BCUT2D eigenvalue weighted by atomic mass is 9.94. The molecule has 0 saturated heterocycles. The van der Waals surface area contributed by atoms with E-state index in [9.17, 15) is 0 Å². The predicted molar refractivity (Wildman–Crippen MR) is 91.8 cm³/mol. The topological polar surface area (TPSA) is 0 Å². The number of allylic oxidation sites excluding steroid dienone is 3. The fraction of sp³-hybridized carbons (Fsp3) is 0.500. The maximum atomic E-state index is 4.33. The van der Waals surface area contributed by atoms with Gasteiger partial charge in [-0.1, -0.05) is 82.5 Å². The Balaban J connectivity index is 2.67.